The summed E-state index contributed by atoms with van der Waals surface area (Å²) >= 11 is 0. The Morgan fingerprint density at radius 2 is 1.94 bits per heavy atom. The molecular formula is C16H21NO. The van der Waals surface area contributed by atoms with Crippen molar-refractivity contribution in [2.24, 2.45) is 5.92 Å². The summed E-state index contributed by atoms with van der Waals surface area (Å²) in [5, 5.41) is 0. The van der Waals surface area contributed by atoms with Gasteiger partial charge in [-0.1, -0.05) is 44.2 Å². The van der Waals surface area contributed by atoms with Gasteiger partial charge in [-0.3, -0.25) is 4.79 Å². The lowest BCUT2D eigenvalue weighted by molar-refractivity contribution is -0.124. The molecule has 1 aliphatic rings. The van der Waals surface area contributed by atoms with Gasteiger partial charge in [0.25, 0.3) is 0 Å². The van der Waals surface area contributed by atoms with Gasteiger partial charge in [0.05, 0.1) is 0 Å². The summed E-state index contributed by atoms with van der Waals surface area (Å²) < 4.78 is 0. The standard InChI is InChI=1S/C16H21NO/c1-13(2)10-15-11-16(18)17(12-15)9-8-14-6-4-3-5-7-14/h3-7,11,13H,8-10,12H2,1-2H3. The van der Waals surface area contributed by atoms with Crippen molar-refractivity contribution in [1.82, 2.24) is 4.90 Å². The first kappa shape index (κ1) is 12.9. The van der Waals surface area contributed by atoms with Gasteiger partial charge in [-0.25, -0.2) is 0 Å². The Labute approximate surface area is 109 Å². The number of amides is 1. The Morgan fingerprint density at radius 1 is 1.22 bits per heavy atom. The Bertz CT molecular complexity index is 434. The molecule has 18 heavy (non-hydrogen) atoms. The van der Waals surface area contributed by atoms with Crippen molar-refractivity contribution in [2.45, 2.75) is 26.7 Å². The van der Waals surface area contributed by atoms with Crippen molar-refractivity contribution in [3.8, 4) is 0 Å². The zero-order valence-electron chi connectivity index (χ0n) is 11.2. The largest absolute Gasteiger partial charge is 0.335 e. The molecule has 0 N–H and O–H groups in total. The van der Waals surface area contributed by atoms with Gasteiger partial charge in [-0.05, 0) is 29.9 Å². The van der Waals surface area contributed by atoms with Gasteiger partial charge in [0.2, 0.25) is 5.91 Å². The number of rotatable bonds is 5. The predicted molar refractivity (Wildman–Crippen MR) is 74.3 cm³/mol. The fourth-order valence-electron chi connectivity index (χ4n) is 2.38. The molecule has 1 aromatic carbocycles. The van der Waals surface area contributed by atoms with Crippen LogP contribution >= 0.6 is 0 Å². The summed E-state index contributed by atoms with van der Waals surface area (Å²) in [5.74, 6) is 0.805. The summed E-state index contributed by atoms with van der Waals surface area (Å²) in [6.07, 6.45) is 3.80. The van der Waals surface area contributed by atoms with Crippen LogP contribution in [0.25, 0.3) is 0 Å². The van der Waals surface area contributed by atoms with Crippen LogP contribution in [-0.2, 0) is 11.2 Å². The van der Waals surface area contributed by atoms with E-state index < -0.39 is 0 Å². The molecule has 0 spiro atoms. The maximum absolute atomic E-state index is 11.8. The van der Waals surface area contributed by atoms with Crippen LogP contribution in [0.3, 0.4) is 0 Å². The van der Waals surface area contributed by atoms with E-state index in [0.29, 0.717) is 5.92 Å². The zero-order valence-corrected chi connectivity index (χ0v) is 11.2. The number of hydrogen-bond donors (Lipinski definition) is 0. The maximum Gasteiger partial charge on any atom is 0.246 e. The molecule has 0 radical (unpaired) electrons. The van der Waals surface area contributed by atoms with Crippen molar-refractivity contribution in [1.29, 1.82) is 0 Å². The smallest absolute Gasteiger partial charge is 0.246 e. The van der Waals surface area contributed by atoms with Gasteiger partial charge >= 0.3 is 0 Å². The minimum Gasteiger partial charge on any atom is -0.335 e. The highest BCUT2D eigenvalue weighted by atomic mass is 16.2. The second-order valence-electron chi connectivity index (χ2n) is 5.40. The lowest BCUT2D eigenvalue weighted by Crippen LogP contribution is -2.28. The summed E-state index contributed by atoms with van der Waals surface area (Å²) in [4.78, 5) is 13.8. The number of benzene rings is 1. The van der Waals surface area contributed by atoms with E-state index in [4.69, 9.17) is 0 Å². The third kappa shape index (κ3) is 3.46. The molecule has 0 saturated heterocycles. The third-order valence-corrected chi connectivity index (χ3v) is 3.22. The molecule has 1 heterocycles. The molecule has 2 heteroatoms. The number of nitrogens with zero attached hydrogens (tertiary/aromatic N) is 1. The topological polar surface area (TPSA) is 20.3 Å². The molecule has 2 rings (SSSR count). The molecule has 0 saturated carbocycles. The number of carbonyl (C=O) groups is 1. The fourth-order valence-corrected chi connectivity index (χ4v) is 2.38. The molecule has 0 fully saturated rings. The summed E-state index contributed by atoms with van der Waals surface area (Å²) in [7, 11) is 0. The second-order valence-corrected chi connectivity index (χ2v) is 5.40. The van der Waals surface area contributed by atoms with Crippen molar-refractivity contribution in [2.75, 3.05) is 13.1 Å². The van der Waals surface area contributed by atoms with Crippen molar-refractivity contribution in [3.63, 3.8) is 0 Å². The Morgan fingerprint density at radius 3 is 2.61 bits per heavy atom. The lowest BCUT2D eigenvalue weighted by Gasteiger charge is -2.17. The molecular weight excluding hydrogens is 222 g/mol. The van der Waals surface area contributed by atoms with Crippen LogP contribution in [0.1, 0.15) is 25.8 Å². The molecule has 0 bridgehead atoms. The first-order valence-electron chi connectivity index (χ1n) is 6.67. The van der Waals surface area contributed by atoms with E-state index in [-0.39, 0.29) is 5.91 Å². The summed E-state index contributed by atoms with van der Waals surface area (Å²) in [6.45, 7) is 6.03. The van der Waals surface area contributed by atoms with E-state index in [1.807, 2.05) is 29.2 Å². The molecule has 1 amide bonds. The molecule has 0 aliphatic carbocycles. The van der Waals surface area contributed by atoms with Crippen LogP contribution in [0, 0.1) is 5.92 Å². The Hall–Kier alpha value is -1.57. The Balaban J connectivity index is 1.84. The van der Waals surface area contributed by atoms with Crippen molar-refractivity contribution >= 4 is 5.91 Å². The first-order valence-corrected chi connectivity index (χ1v) is 6.67. The summed E-state index contributed by atoms with van der Waals surface area (Å²) in [5.41, 5.74) is 2.57. The van der Waals surface area contributed by atoms with E-state index in [9.17, 15) is 4.79 Å². The van der Waals surface area contributed by atoms with Crippen molar-refractivity contribution in [3.05, 3.63) is 47.5 Å². The monoisotopic (exact) mass is 243 g/mol. The van der Waals surface area contributed by atoms with Gasteiger partial charge in [-0.2, -0.15) is 0 Å². The van der Waals surface area contributed by atoms with Gasteiger partial charge < -0.3 is 4.90 Å². The summed E-state index contributed by atoms with van der Waals surface area (Å²) in [6, 6.07) is 10.3. The first-order chi connectivity index (χ1) is 8.65. The molecule has 0 unspecified atom stereocenters. The van der Waals surface area contributed by atoms with E-state index >= 15 is 0 Å². The average Bonchev–Trinajstić information content (AvgIpc) is 2.67. The SMILES string of the molecule is CC(C)CC1=CC(=O)N(CCc2ccccc2)C1. The van der Waals surface area contributed by atoms with E-state index in [2.05, 4.69) is 26.0 Å². The highest BCUT2D eigenvalue weighted by Crippen LogP contribution is 2.18. The van der Waals surface area contributed by atoms with Crippen LogP contribution in [0.4, 0.5) is 0 Å². The fraction of sp³-hybridized carbons (Fsp3) is 0.438. The van der Waals surface area contributed by atoms with Crippen LogP contribution < -0.4 is 0 Å². The van der Waals surface area contributed by atoms with Crippen LogP contribution in [-0.4, -0.2) is 23.9 Å². The maximum atomic E-state index is 11.8. The van der Waals surface area contributed by atoms with Crippen molar-refractivity contribution < 1.29 is 4.79 Å². The number of hydrogen-bond acceptors (Lipinski definition) is 1. The molecule has 2 nitrogen and oxygen atoms in total. The molecule has 96 valence electrons. The molecule has 1 aliphatic heterocycles. The third-order valence-electron chi connectivity index (χ3n) is 3.22. The second kappa shape index (κ2) is 5.85. The van der Waals surface area contributed by atoms with Gasteiger partial charge in [0, 0.05) is 19.2 Å². The van der Waals surface area contributed by atoms with Gasteiger partial charge in [-0.15, -0.1) is 0 Å². The Kier molecular flexibility index (Phi) is 4.19. The minimum atomic E-state index is 0.182. The van der Waals surface area contributed by atoms with E-state index in [1.165, 1.54) is 11.1 Å². The normalized spacial score (nSPS) is 15.4. The van der Waals surface area contributed by atoms with Crippen LogP contribution in [0.2, 0.25) is 0 Å². The zero-order chi connectivity index (χ0) is 13.0. The van der Waals surface area contributed by atoms with E-state index in [0.717, 1.165) is 25.9 Å². The van der Waals surface area contributed by atoms with Crippen LogP contribution in [0.15, 0.2) is 42.0 Å². The highest BCUT2D eigenvalue weighted by molar-refractivity contribution is 5.91. The lowest BCUT2D eigenvalue weighted by atomic mass is 10.0. The predicted octanol–water partition coefficient (Wildman–Crippen LogP) is 3.04. The highest BCUT2D eigenvalue weighted by Gasteiger charge is 2.21. The minimum absolute atomic E-state index is 0.182. The molecule has 1 aromatic rings. The van der Waals surface area contributed by atoms with E-state index in [1.54, 1.807) is 0 Å². The van der Waals surface area contributed by atoms with Gasteiger partial charge in [0.1, 0.15) is 0 Å². The van der Waals surface area contributed by atoms with Crippen LogP contribution in [0.5, 0.6) is 0 Å². The average molecular weight is 243 g/mol. The van der Waals surface area contributed by atoms with Gasteiger partial charge in [0.15, 0.2) is 0 Å². The quantitative estimate of drug-likeness (QED) is 0.778. The molecule has 0 atom stereocenters. The molecule has 0 aromatic heterocycles. The number of carbonyl (C=O) groups excluding carboxylic acids is 1.